The highest BCUT2D eigenvalue weighted by Gasteiger charge is 2.43. The zero-order valence-electron chi connectivity index (χ0n) is 15.5. The molecule has 0 unspecified atom stereocenters. The quantitative estimate of drug-likeness (QED) is 0.819. The van der Waals surface area contributed by atoms with Crippen LogP contribution in [0.1, 0.15) is 42.5 Å². The number of hydrogen-bond donors (Lipinski definition) is 1. The first-order valence-electron chi connectivity index (χ1n) is 9.88. The van der Waals surface area contributed by atoms with Crippen LogP contribution in [0.25, 0.3) is 0 Å². The van der Waals surface area contributed by atoms with E-state index in [9.17, 15) is 9.90 Å². The van der Waals surface area contributed by atoms with Crippen molar-refractivity contribution in [3.63, 3.8) is 0 Å². The maximum Gasteiger partial charge on any atom is 0.337 e. The third-order valence-corrected chi connectivity index (χ3v) is 6.44. The second-order valence-corrected chi connectivity index (χ2v) is 8.25. The summed E-state index contributed by atoms with van der Waals surface area (Å²) in [5.41, 5.74) is 0.473. The molecular formula is C21H29NO4. The van der Waals surface area contributed by atoms with Crippen molar-refractivity contribution < 1.29 is 19.4 Å². The average Bonchev–Trinajstić information content (AvgIpc) is 2.99. The number of carbonyl (C=O) groups is 1. The van der Waals surface area contributed by atoms with Crippen molar-refractivity contribution in [3.8, 4) is 5.75 Å². The van der Waals surface area contributed by atoms with Crippen molar-refractivity contribution >= 4 is 5.97 Å². The van der Waals surface area contributed by atoms with Crippen molar-refractivity contribution in [1.29, 1.82) is 0 Å². The summed E-state index contributed by atoms with van der Waals surface area (Å²) in [7, 11) is 1.37. The van der Waals surface area contributed by atoms with Gasteiger partial charge in [-0.05, 0) is 61.6 Å². The standard InChI is InChI=1S/C21H29NO4/c1-25-21(24)15-6-3-7-18(8-15)26-20-10-17-13-22(11-14-4-2-5-14)12-16(17)9-19(20)23/h3,6-8,14,16-17,19-20,23H,2,4-5,9-13H2,1H3/t16-,17+,19+,20+/m0/s1. The van der Waals surface area contributed by atoms with Crippen LogP contribution >= 0.6 is 0 Å². The number of benzene rings is 1. The molecule has 0 radical (unpaired) electrons. The second-order valence-electron chi connectivity index (χ2n) is 8.25. The largest absolute Gasteiger partial charge is 0.488 e. The molecule has 5 nitrogen and oxygen atoms in total. The molecule has 1 saturated heterocycles. The SMILES string of the molecule is COC(=O)c1cccc(O[C@@H]2C[C@@H]3CN(CC4CCC4)C[C@@H]3C[C@H]2O)c1. The van der Waals surface area contributed by atoms with Gasteiger partial charge in [0, 0.05) is 19.6 Å². The molecule has 3 aliphatic rings. The number of esters is 1. The van der Waals surface area contributed by atoms with E-state index in [0.29, 0.717) is 23.1 Å². The number of rotatable bonds is 5. The first kappa shape index (κ1) is 17.8. The maximum atomic E-state index is 11.7. The van der Waals surface area contributed by atoms with Crippen LogP contribution in [0, 0.1) is 17.8 Å². The summed E-state index contributed by atoms with van der Waals surface area (Å²) in [4.78, 5) is 14.3. The highest BCUT2D eigenvalue weighted by molar-refractivity contribution is 5.89. The van der Waals surface area contributed by atoms with Crippen LogP contribution in [0.15, 0.2) is 24.3 Å². The van der Waals surface area contributed by atoms with Crippen LogP contribution in [-0.2, 0) is 4.74 Å². The predicted octanol–water partition coefficient (Wildman–Crippen LogP) is 2.72. The Kier molecular flexibility index (Phi) is 5.18. The van der Waals surface area contributed by atoms with E-state index in [1.54, 1.807) is 18.2 Å². The molecule has 0 spiro atoms. The molecule has 1 N–H and O–H groups in total. The number of aliphatic hydroxyl groups is 1. The molecule has 0 aromatic heterocycles. The summed E-state index contributed by atoms with van der Waals surface area (Å²) >= 11 is 0. The van der Waals surface area contributed by atoms with Gasteiger partial charge in [-0.15, -0.1) is 0 Å². The number of hydrogen-bond acceptors (Lipinski definition) is 5. The third-order valence-electron chi connectivity index (χ3n) is 6.44. The van der Waals surface area contributed by atoms with Gasteiger partial charge in [-0.25, -0.2) is 4.79 Å². The summed E-state index contributed by atoms with van der Waals surface area (Å²) in [6.45, 7) is 3.49. The zero-order chi connectivity index (χ0) is 18.1. The molecule has 1 heterocycles. The van der Waals surface area contributed by atoms with E-state index >= 15 is 0 Å². The van der Waals surface area contributed by atoms with Crippen molar-refractivity contribution in [1.82, 2.24) is 4.90 Å². The van der Waals surface area contributed by atoms with Gasteiger partial charge < -0.3 is 19.5 Å². The Hall–Kier alpha value is -1.59. The molecule has 1 aromatic carbocycles. The molecule has 26 heavy (non-hydrogen) atoms. The Labute approximate surface area is 155 Å². The van der Waals surface area contributed by atoms with Gasteiger partial charge in [0.15, 0.2) is 0 Å². The van der Waals surface area contributed by atoms with E-state index in [1.807, 2.05) is 6.07 Å². The molecule has 0 amide bonds. The Bertz CT molecular complexity index is 645. The van der Waals surface area contributed by atoms with Gasteiger partial charge in [-0.1, -0.05) is 12.5 Å². The van der Waals surface area contributed by atoms with E-state index in [1.165, 1.54) is 32.9 Å². The molecule has 0 bridgehead atoms. The number of aliphatic hydroxyl groups excluding tert-OH is 1. The first-order chi connectivity index (χ1) is 12.6. The minimum absolute atomic E-state index is 0.201. The number of fused-ring (bicyclic) bond motifs is 1. The van der Waals surface area contributed by atoms with E-state index in [4.69, 9.17) is 9.47 Å². The summed E-state index contributed by atoms with van der Waals surface area (Å²) in [6, 6.07) is 7.03. The van der Waals surface area contributed by atoms with E-state index in [2.05, 4.69) is 4.90 Å². The Morgan fingerprint density at radius 3 is 2.69 bits per heavy atom. The van der Waals surface area contributed by atoms with Crippen LogP contribution in [-0.4, -0.2) is 54.9 Å². The lowest BCUT2D eigenvalue weighted by molar-refractivity contribution is -0.0231. The zero-order valence-corrected chi connectivity index (χ0v) is 15.5. The van der Waals surface area contributed by atoms with Gasteiger partial charge in [0.25, 0.3) is 0 Å². The molecule has 1 aromatic rings. The topological polar surface area (TPSA) is 59.0 Å². The smallest absolute Gasteiger partial charge is 0.337 e. The van der Waals surface area contributed by atoms with E-state index in [0.717, 1.165) is 31.8 Å². The molecule has 4 atom stereocenters. The van der Waals surface area contributed by atoms with Gasteiger partial charge in [-0.3, -0.25) is 0 Å². The molecule has 2 aliphatic carbocycles. The highest BCUT2D eigenvalue weighted by Crippen LogP contribution is 2.39. The fraction of sp³-hybridized carbons (Fsp3) is 0.667. The number of nitrogens with zero attached hydrogens (tertiary/aromatic N) is 1. The van der Waals surface area contributed by atoms with Crippen LogP contribution in [0.4, 0.5) is 0 Å². The minimum Gasteiger partial charge on any atom is -0.488 e. The van der Waals surface area contributed by atoms with Crippen LogP contribution in [0.2, 0.25) is 0 Å². The number of methoxy groups -OCH3 is 1. The Morgan fingerprint density at radius 2 is 2.00 bits per heavy atom. The number of ether oxygens (including phenoxy) is 2. The predicted molar refractivity (Wildman–Crippen MR) is 98.2 cm³/mol. The number of likely N-dealkylation sites (tertiary alicyclic amines) is 1. The van der Waals surface area contributed by atoms with Gasteiger partial charge in [0.05, 0.1) is 18.8 Å². The normalized spacial score (nSPS) is 31.9. The van der Waals surface area contributed by atoms with Crippen LogP contribution < -0.4 is 4.74 Å². The molecular weight excluding hydrogens is 330 g/mol. The summed E-state index contributed by atoms with van der Waals surface area (Å²) in [5.74, 6) is 2.34. The first-order valence-corrected chi connectivity index (χ1v) is 9.88. The van der Waals surface area contributed by atoms with Crippen molar-refractivity contribution in [2.75, 3.05) is 26.7 Å². The average molecular weight is 359 g/mol. The highest BCUT2D eigenvalue weighted by atomic mass is 16.5. The maximum absolute atomic E-state index is 11.7. The van der Waals surface area contributed by atoms with E-state index in [-0.39, 0.29) is 12.1 Å². The van der Waals surface area contributed by atoms with Crippen molar-refractivity contribution in [2.45, 2.75) is 44.3 Å². The lowest BCUT2D eigenvalue weighted by atomic mass is 9.78. The molecule has 2 saturated carbocycles. The van der Waals surface area contributed by atoms with Gasteiger partial charge in [0.2, 0.25) is 0 Å². The molecule has 3 fully saturated rings. The monoisotopic (exact) mass is 359 g/mol. The fourth-order valence-corrected chi connectivity index (χ4v) is 4.79. The van der Waals surface area contributed by atoms with Gasteiger partial charge in [0.1, 0.15) is 11.9 Å². The van der Waals surface area contributed by atoms with Crippen molar-refractivity contribution in [2.24, 2.45) is 17.8 Å². The Morgan fingerprint density at radius 1 is 1.23 bits per heavy atom. The van der Waals surface area contributed by atoms with E-state index < -0.39 is 6.10 Å². The summed E-state index contributed by atoms with van der Waals surface area (Å²) in [6.07, 6.45) is 5.22. The van der Waals surface area contributed by atoms with Crippen molar-refractivity contribution in [3.05, 3.63) is 29.8 Å². The molecule has 5 heteroatoms. The third kappa shape index (κ3) is 3.74. The molecule has 4 rings (SSSR count). The fourth-order valence-electron chi connectivity index (χ4n) is 4.79. The Balaban J connectivity index is 1.37. The van der Waals surface area contributed by atoms with Crippen LogP contribution in [0.5, 0.6) is 5.75 Å². The number of carbonyl (C=O) groups excluding carboxylic acids is 1. The van der Waals surface area contributed by atoms with Crippen LogP contribution in [0.3, 0.4) is 0 Å². The summed E-state index contributed by atoms with van der Waals surface area (Å²) in [5, 5.41) is 10.6. The molecule has 1 aliphatic heterocycles. The summed E-state index contributed by atoms with van der Waals surface area (Å²) < 4.78 is 10.9. The lowest BCUT2D eigenvalue weighted by Gasteiger charge is -2.35. The van der Waals surface area contributed by atoms with Gasteiger partial charge in [-0.2, -0.15) is 0 Å². The molecule has 142 valence electrons. The lowest BCUT2D eigenvalue weighted by Crippen LogP contribution is -2.42. The minimum atomic E-state index is -0.443. The second kappa shape index (κ2) is 7.57. The van der Waals surface area contributed by atoms with Gasteiger partial charge >= 0.3 is 5.97 Å².